The first kappa shape index (κ1) is 14.8. The minimum absolute atomic E-state index is 0.232. The van der Waals surface area contributed by atoms with Crippen LogP contribution in [-0.4, -0.2) is 47.5 Å². The average molecular weight is 291 g/mol. The number of nitrogens with zero attached hydrogens (tertiary/aromatic N) is 1. The van der Waals surface area contributed by atoms with E-state index < -0.39 is 18.4 Å². The first-order valence-electron chi connectivity index (χ1n) is 6.64. The Hall–Kier alpha value is -2.57. The summed E-state index contributed by atoms with van der Waals surface area (Å²) in [5, 5.41) is 13.1. The van der Waals surface area contributed by atoms with Crippen molar-refractivity contribution < 1.29 is 19.5 Å². The van der Waals surface area contributed by atoms with E-state index in [0.29, 0.717) is 13.1 Å². The van der Waals surface area contributed by atoms with Gasteiger partial charge in [0.25, 0.3) is 0 Å². The number of urea groups is 1. The summed E-state index contributed by atoms with van der Waals surface area (Å²) < 4.78 is 0. The second-order valence-electron chi connectivity index (χ2n) is 4.77. The number of fused-ring (bicyclic) bond motifs is 1. The summed E-state index contributed by atoms with van der Waals surface area (Å²) in [6, 6.07) is 7.61. The van der Waals surface area contributed by atoms with Gasteiger partial charge in [0.15, 0.2) is 0 Å². The Morgan fingerprint density at radius 3 is 2.52 bits per heavy atom. The third kappa shape index (κ3) is 4.20. The molecule has 0 fully saturated rings. The van der Waals surface area contributed by atoms with Crippen LogP contribution in [0.15, 0.2) is 24.3 Å². The number of amides is 3. The lowest BCUT2D eigenvalue weighted by molar-refractivity contribution is -0.137. The van der Waals surface area contributed by atoms with E-state index in [1.54, 1.807) is 4.90 Å². The van der Waals surface area contributed by atoms with E-state index in [9.17, 15) is 14.4 Å². The number of hydrogen-bond donors (Lipinski definition) is 3. The Labute approximate surface area is 121 Å². The van der Waals surface area contributed by atoms with Crippen LogP contribution in [0.3, 0.4) is 0 Å². The zero-order valence-corrected chi connectivity index (χ0v) is 11.5. The number of carboxylic acid groups (broad SMARTS) is 1. The Bertz CT molecular complexity index is 559. The lowest BCUT2D eigenvalue weighted by Crippen LogP contribution is -2.46. The standard InChI is InChI=1S/C14H17N3O4/c18-12(15-8-13(19)20)7-16-14(21)17-6-5-10-3-1-2-4-11(10)9-17/h1-4H,5-9H2,(H,15,18)(H,16,21)(H,19,20). The van der Waals surface area contributed by atoms with Crippen molar-refractivity contribution in [2.24, 2.45) is 0 Å². The van der Waals surface area contributed by atoms with E-state index in [2.05, 4.69) is 10.6 Å². The van der Waals surface area contributed by atoms with Gasteiger partial charge in [0.2, 0.25) is 5.91 Å². The molecule has 1 aromatic carbocycles. The molecule has 0 aromatic heterocycles. The highest BCUT2D eigenvalue weighted by molar-refractivity contribution is 5.86. The van der Waals surface area contributed by atoms with E-state index in [1.165, 1.54) is 5.56 Å². The van der Waals surface area contributed by atoms with Crippen molar-refractivity contribution in [2.45, 2.75) is 13.0 Å². The zero-order valence-electron chi connectivity index (χ0n) is 11.5. The molecule has 21 heavy (non-hydrogen) atoms. The molecule has 3 amide bonds. The molecule has 1 heterocycles. The lowest BCUT2D eigenvalue weighted by Gasteiger charge is -2.28. The van der Waals surface area contributed by atoms with Gasteiger partial charge in [0.1, 0.15) is 6.54 Å². The number of aliphatic carboxylic acids is 1. The Morgan fingerprint density at radius 1 is 1.10 bits per heavy atom. The second kappa shape index (κ2) is 6.74. The third-order valence-corrected chi connectivity index (χ3v) is 3.25. The smallest absolute Gasteiger partial charge is 0.322 e. The fourth-order valence-electron chi connectivity index (χ4n) is 2.17. The molecule has 0 spiro atoms. The van der Waals surface area contributed by atoms with Crippen LogP contribution < -0.4 is 10.6 Å². The number of carboxylic acids is 1. The molecule has 0 atom stereocenters. The van der Waals surface area contributed by atoms with E-state index in [-0.39, 0.29) is 12.6 Å². The molecule has 1 aliphatic heterocycles. The molecular formula is C14H17N3O4. The van der Waals surface area contributed by atoms with Crippen LogP contribution in [0.1, 0.15) is 11.1 Å². The van der Waals surface area contributed by atoms with Gasteiger partial charge in [-0.1, -0.05) is 24.3 Å². The number of rotatable bonds is 4. The van der Waals surface area contributed by atoms with Gasteiger partial charge in [-0.05, 0) is 17.5 Å². The zero-order chi connectivity index (χ0) is 15.2. The molecule has 7 nitrogen and oxygen atoms in total. The fourth-order valence-corrected chi connectivity index (χ4v) is 2.17. The first-order valence-corrected chi connectivity index (χ1v) is 6.64. The summed E-state index contributed by atoms with van der Waals surface area (Å²) >= 11 is 0. The summed E-state index contributed by atoms with van der Waals surface area (Å²) in [6.45, 7) is 0.425. The SMILES string of the molecule is O=C(O)CNC(=O)CNC(=O)N1CCc2ccccc2C1. The number of carbonyl (C=O) groups excluding carboxylic acids is 2. The van der Waals surface area contributed by atoms with Gasteiger partial charge in [0, 0.05) is 13.1 Å². The molecule has 1 aromatic rings. The Kier molecular flexibility index (Phi) is 4.76. The van der Waals surface area contributed by atoms with Crippen molar-refractivity contribution in [3.8, 4) is 0 Å². The van der Waals surface area contributed by atoms with Gasteiger partial charge in [0.05, 0.1) is 6.54 Å². The van der Waals surface area contributed by atoms with Crippen LogP contribution in [-0.2, 0) is 22.6 Å². The van der Waals surface area contributed by atoms with Gasteiger partial charge >= 0.3 is 12.0 Å². The maximum atomic E-state index is 12.0. The minimum atomic E-state index is -1.12. The van der Waals surface area contributed by atoms with Gasteiger partial charge in [-0.15, -0.1) is 0 Å². The van der Waals surface area contributed by atoms with Gasteiger partial charge in [-0.25, -0.2) is 4.79 Å². The Morgan fingerprint density at radius 2 is 1.81 bits per heavy atom. The molecule has 0 saturated carbocycles. The normalized spacial score (nSPS) is 13.2. The van der Waals surface area contributed by atoms with E-state index in [1.807, 2.05) is 24.3 Å². The van der Waals surface area contributed by atoms with Crippen molar-refractivity contribution >= 4 is 17.9 Å². The van der Waals surface area contributed by atoms with Gasteiger partial charge in [-0.2, -0.15) is 0 Å². The molecule has 3 N–H and O–H groups in total. The van der Waals surface area contributed by atoms with Crippen molar-refractivity contribution in [2.75, 3.05) is 19.6 Å². The minimum Gasteiger partial charge on any atom is -0.480 e. The molecule has 112 valence electrons. The maximum absolute atomic E-state index is 12.0. The molecular weight excluding hydrogens is 274 g/mol. The van der Waals surface area contributed by atoms with Crippen molar-refractivity contribution in [1.82, 2.24) is 15.5 Å². The highest BCUT2D eigenvalue weighted by Gasteiger charge is 2.20. The third-order valence-electron chi connectivity index (χ3n) is 3.25. The highest BCUT2D eigenvalue weighted by atomic mass is 16.4. The predicted octanol–water partition coefficient (Wildman–Crippen LogP) is -0.0449. The fraction of sp³-hybridized carbons (Fsp3) is 0.357. The maximum Gasteiger partial charge on any atom is 0.322 e. The summed E-state index contributed by atoms with van der Waals surface area (Å²) in [6.07, 6.45) is 0.787. The molecule has 1 aliphatic rings. The lowest BCUT2D eigenvalue weighted by atomic mass is 10.0. The van der Waals surface area contributed by atoms with Crippen LogP contribution in [0.2, 0.25) is 0 Å². The van der Waals surface area contributed by atoms with Crippen molar-refractivity contribution in [1.29, 1.82) is 0 Å². The molecule has 0 radical (unpaired) electrons. The van der Waals surface area contributed by atoms with Crippen LogP contribution in [0, 0.1) is 0 Å². The van der Waals surface area contributed by atoms with Crippen molar-refractivity contribution in [3.05, 3.63) is 35.4 Å². The van der Waals surface area contributed by atoms with Crippen LogP contribution in [0.5, 0.6) is 0 Å². The van der Waals surface area contributed by atoms with Crippen molar-refractivity contribution in [3.63, 3.8) is 0 Å². The molecule has 0 unspecified atom stereocenters. The molecule has 0 bridgehead atoms. The molecule has 0 aliphatic carbocycles. The molecule has 2 rings (SSSR count). The summed E-state index contributed by atoms with van der Waals surface area (Å²) in [4.78, 5) is 35.2. The first-order chi connectivity index (χ1) is 10.1. The summed E-state index contributed by atoms with van der Waals surface area (Å²) in [7, 11) is 0. The van der Waals surface area contributed by atoms with Crippen LogP contribution in [0.25, 0.3) is 0 Å². The molecule has 7 heteroatoms. The van der Waals surface area contributed by atoms with Gasteiger partial charge < -0.3 is 20.6 Å². The topological polar surface area (TPSA) is 98.7 Å². The van der Waals surface area contributed by atoms with E-state index >= 15 is 0 Å². The largest absolute Gasteiger partial charge is 0.480 e. The number of hydrogen-bond acceptors (Lipinski definition) is 3. The quantitative estimate of drug-likeness (QED) is 0.724. The predicted molar refractivity (Wildman–Crippen MR) is 74.6 cm³/mol. The molecule has 0 saturated heterocycles. The summed E-state index contributed by atoms with van der Waals surface area (Å²) in [5.41, 5.74) is 2.34. The van der Waals surface area contributed by atoms with Gasteiger partial charge in [-0.3, -0.25) is 9.59 Å². The number of nitrogens with one attached hydrogen (secondary N) is 2. The number of benzene rings is 1. The number of carbonyl (C=O) groups is 3. The average Bonchev–Trinajstić information content (AvgIpc) is 2.50. The van der Waals surface area contributed by atoms with Crippen LogP contribution in [0.4, 0.5) is 4.79 Å². The van der Waals surface area contributed by atoms with E-state index in [0.717, 1.165) is 12.0 Å². The van der Waals surface area contributed by atoms with Crippen LogP contribution >= 0.6 is 0 Å². The highest BCUT2D eigenvalue weighted by Crippen LogP contribution is 2.18. The monoisotopic (exact) mass is 291 g/mol. The van der Waals surface area contributed by atoms with E-state index in [4.69, 9.17) is 5.11 Å². The second-order valence-corrected chi connectivity index (χ2v) is 4.77. The Balaban J connectivity index is 1.80. The summed E-state index contributed by atoms with van der Waals surface area (Å²) in [5.74, 6) is -1.65.